The molecule has 0 unspecified atom stereocenters. The van der Waals surface area contributed by atoms with E-state index < -0.39 is 4.92 Å². The monoisotopic (exact) mass is 458 g/mol. The molecule has 0 spiro atoms. The van der Waals surface area contributed by atoms with E-state index in [0.717, 1.165) is 26.1 Å². The van der Waals surface area contributed by atoms with Crippen LogP contribution in [0.3, 0.4) is 0 Å². The van der Waals surface area contributed by atoms with Gasteiger partial charge in [-0.1, -0.05) is 30.3 Å². The van der Waals surface area contributed by atoms with Crippen LogP contribution in [0.1, 0.15) is 32.3 Å². The molecule has 10 heteroatoms. The van der Waals surface area contributed by atoms with Crippen LogP contribution in [0, 0.1) is 10.1 Å². The van der Waals surface area contributed by atoms with E-state index in [0.29, 0.717) is 45.1 Å². The van der Waals surface area contributed by atoms with Crippen molar-refractivity contribution in [2.45, 2.75) is 39.5 Å². The summed E-state index contributed by atoms with van der Waals surface area (Å²) in [6.45, 7) is 9.40. The van der Waals surface area contributed by atoms with E-state index in [4.69, 9.17) is 9.47 Å². The van der Waals surface area contributed by atoms with Crippen molar-refractivity contribution in [1.29, 1.82) is 0 Å². The number of anilines is 2. The number of aromatic nitrogens is 2. The van der Waals surface area contributed by atoms with Crippen LogP contribution in [0.5, 0.6) is 0 Å². The Morgan fingerprint density at radius 1 is 1.09 bits per heavy atom. The van der Waals surface area contributed by atoms with Gasteiger partial charge in [-0.2, -0.15) is 0 Å². The molecule has 3 rings (SSSR count). The Kier molecular flexibility index (Phi) is 9.79. The highest BCUT2D eigenvalue weighted by Gasteiger charge is 2.29. The highest BCUT2D eigenvalue weighted by molar-refractivity contribution is 5.70. The van der Waals surface area contributed by atoms with Gasteiger partial charge in [-0.15, -0.1) is 0 Å². The minimum Gasteiger partial charge on any atom is -0.364 e. The Balaban J connectivity index is 1.58. The van der Waals surface area contributed by atoms with E-state index in [2.05, 4.69) is 32.3 Å². The summed E-state index contributed by atoms with van der Waals surface area (Å²) in [5, 5.41) is 15.0. The minimum atomic E-state index is -0.392. The number of nitro groups is 1. The van der Waals surface area contributed by atoms with Gasteiger partial charge in [0.05, 0.1) is 4.92 Å². The maximum atomic E-state index is 11.9. The van der Waals surface area contributed by atoms with E-state index in [1.54, 1.807) is 0 Å². The van der Waals surface area contributed by atoms with E-state index in [1.165, 1.54) is 11.9 Å². The quantitative estimate of drug-likeness (QED) is 0.209. The molecule has 1 N–H and O–H groups in total. The summed E-state index contributed by atoms with van der Waals surface area (Å²) in [4.78, 5) is 24.3. The number of nitrogens with one attached hydrogen (secondary N) is 1. The lowest BCUT2D eigenvalue weighted by Gasteiger charge is -2.35. The van der Waals surface area contributed by atoms with Crippen molar-refractivity contribution in [3.05, 3.63) is 52.3 Å². The lowest BCUT2D eigenvalue weighted by molar-refractivity contribution is -0.383. The minimum absolute atomic E-state index is 0.0693. The summed E-state index contributed by atoms with van der Waals surface area (Å²) in [5.74, 6) is 0.624. The topological polar surface area (TPSA) is 106 Å². The van der Waals surface area contributed by atoms with Crippen LogP contribution in [-0.2, 0) is 16.0 Å². The Morgan fingerprint density at radius 3 is 2.42 bits per heavy atom. The Labute approximate surface area is 195 Å². The number of benzene rings is 1. The number of piperazine rings is 1. The van der Waals surface area contributed by atoms with Crippen LogP contribution in [0.4, 0.5) is 17.3 Å². The molecule has 0 radical (unpaired) electrons. The molecule has 0 atom stereocenters. The zero-order valence-electron chi connectivity index (χ0n) is 19.5. The van der Waals surface area contributed by atoms with Gasteiger partial charge in [0, 0.05) is 58.9 Å². The number of hydrogen-bond donors (Lipinski definition) is 1. The molecule has 1 saturated heterocycles. The fourth-order valence-corrected chi connectivity index (χ4v) is 3.92. The van der Waals surface area contributed by atoms with Gasteiger partial charge in [-0.05, 0) is 25.8 Å². The molecule has 180 valence electrons. The van der Waals surface area contributed by atoms with Gasteiger partial charge < -0.3 is 19.7 Å². The third kappa shape index (κ3) is 7.34. The summed E-state index contributed by atoms with van der Waals surface area (Å²) in [7, 11) is 0. The highest BCUT2D eigenvalue weighted by Crippen LogP contribution is 2.32. The molecule has 1 fully saturated rings. The molecule has 1 aromatic heterocycles. The third-order valence-electron chi connectivity index (χ3n) is 5.52. The molecule has 0 amide bonds. The van der Waals surface area contributed by atoms with Crippen LogP contribution < -0.4 is 10.2 Å². The van der Waals surface area contributed by atoms with Crippen LogP contribution in [0.15, 0.2) is 36.7 Å². The van der Waals surface area contributed by atoms with Gasteiger partial charge in [-0.25, -0.2) is 9.97 Å². The number of nitrogens with zero attached hydrogens (tertiary/aromatic N) is 5. The number of hydrogen-bond acceptors (Lipinski definition) is 9. The second kappa shape index (κ2) is 13.0. The zero-order valence-corrected chi connectivity index (χ0v) is 19.5. The van der Waals surface area contributed by atoms with Gasteiger partial charge in [0.25, 0.3) is 0 Å². The fourth-order valence-electron chi connectivity index (χ4n) is 3.92. The van der Waals surface area contributed by atoms with Crippen LogP contribution in [0.2, 0.25) is 0 Å². The van der Waals surface area contributed by atoms with E-state index >= 15 is 0 Å². The van der Waals surface area contributed by atoms with Gasteiger partial charge in [-0.3, -0.25) is 15.0 Å². The predicted molar refractivity (Wildman–Crippen MR) is 127 cm³/mol. The van der Waals surface area contributed by atoms with Gasteiger partial charge >= 0.3 is 5.69 Å². The SMILES string of the molecule is CCOC(CCCNc1ncnc(N2CCN(Cc3ccccc3)CC2)c1[N+](=O)[O-])OCC. The summed E-state index contributed by atoms with van der Waals surface area (Å²) >= 11 is 0. The molecule has 0 aliphatic carbocycles. The zero-order chi connectivity index (χ0) is 23.5. The smallest absolute Gasteiger partial charge is 0.353 e. The molecule has 2 aromatic rings. The molecular formula is C23H34N6O4. The first-order valence-electron chi connectivity index (χ1n) is 11.6. The second-order valence-electron chi connectivity index (χ2n) is 7.81. The van der Waals surface area contributed by atoms with Crippen molar-refractivity contribution in [2.75, 3.05) is 56.2 Å². The largest absolute Gasteiger partial charge is 0.364 e. The lowest BCUT2D eigenvalue weighted by atomic mass is 10.2. The summed E-state index contributed by atoms with van der Waals surface area (Å²) in [6, 6.07) is 10.3. The molecule has 33 heavy (non-hydrogen) atoms. The molecule has 0 bridgehead atoms. The molecule has 0 saturated carbocycles. The van der Waals surface area contributed by atoms with E-state index in [-0.39, 0.29) is 17.8 Å². The second-order valence-corrected chi connectivity index (χ2v) is 7.81. The van der Waals surface area contributed by atoms with Gasteiger partial charge in [0.1, 0.15) is 6.33 Å². The Morgan fingerprint density at radius 2 is 1.79 bits per heavy atom. The standard InChI is InChI=1S/C23H34N6O4/c1-3-32-20(33-4-2)11-8-12-24-22-21(29(30)31)23(26-18-25-22)28-15-13-27(14-16-28)17-19-9-6-5-7-10-19/h5-7,9-10,18,20H,3-4,8,11-17H2,1-2H3,(H,24,25,26). The van der Waals surface area contributed by atoms with Crippen molar-refractivity contribution in [1.82, 2.24) is 14.9 Å². The Hall–Kier alpha value is -2.82. The van der Waals surface area contributed by atoms with Crippen LogP contribution >= 0.6 is 0 Å². The first-order chi connectivity index (χ1) is 16.1. The van der Waals surface area contributed by atoms with E-state index in [9.17, 15) is 10.1 Å². The summed E-state index contributed by atoms with van der Waals surface area (Å²) < 4.78 is 11.1. The maximum Gasteiger partial charge on any atom is 0.353 e. The predicted octanol–water partition coefficient (Wildman–Crippen LogP) is 3.30. The van der Waals surface area contributed by atoms with Crippen LogP contribution in [0.25, 0.3) is 0 Å². The van der Waals surface area contributed by atoms with Crippen molar-refractivity contribution in [3.8, 4) is 0 Å². The summed E-state index contributed by atoms with van der Waals surface area (Å²) in [6.07, 6.45) is 2.57. The maximum absolute atomic E-state index is 11.9. The highest BCUT2D eigenvalue weighted by atomic mass is 16.7. The number of rotatable bonds is 13. The fraction of sp³-hybridized carbons (Fsp3) is 0.565. The average molecular weight is 459 g/mol. The van der Waals surface area contributed by atoms with Crippen molar-refractivity contribution in [3.63, 3.8) is 0 Å². The first-order valence-corrected chi connectivity index (χ1v) is 11.6. The molecule has 2 heterocycles. The lowest BCUT2D eigenvalue weighted by Crippen LogP contribution is -2.46. The number of ether oxygens (including phenoxy) is 2. The molecule has 1 aliphatic rings. The third-order valence-corrected chi connectivity index (χ3v) is 5.52. The van der Waals surface area contributed by atoms with Crippen LogP contribution in [-0.4, -0.2) is 72.0 Å². The van der Waals surface area contributed by atoms with Gasteiger partial charge in [0.15, 0.2) is 6.29 Å². The molecule has 1 aromatic carbocycles. The molecule has 10 nitrogen and oxygen atoms in total. The molecular weight excluding hydrogens is 424 g/mol. The van der Waals surface area contributed by atoms with Crippen molar-refractivity contribution in [2.24, 2.45) is 0 Å². The Bertz CT molecular complexity index is 855. The van der Waals surface area contributed by atoms with Crippen molar-refractivity contribution >= 4 is 17.3 Å². The summed E-state index contributed by atoms with van der Waals surface area (Å²) in [5.41, 5.74) is 1.20. The first kappa shape index (κ1) is 24.8. The molecule has 1 aliphatic heterocycles. The normalized spacial score (nSPS) is 14.6. The average Bonchev–Trinajstić information content (AvgIpc) is 2.83. The van der Waals surface area contributed by atoms with Crippen molar-refractivity contribution < 1.29 is 14.4 Å². The van der Waals surface area contributed by atoms with E-state index in [1.807, 2.05) is 36.9 Å². The van der Waals surface area contributed by atoms with Gasteiger partial charge in [0.2, 0.25) is 11.6 Å².